The minimum absolute atomic E-state index is 0.0272. The summed E-state index contributed by atoms with van der Waals surface area (Å²) < 4.78 is 5.19. The third-order valence-corrected chi connectivity index (χ3v) is 7.61. The predicted octanol–water partition coefficient (Wildman–Crippen LogP) is 5.08. The van der Waals surface area contributed by atoms with E-state index in [2.05, 4.69) is 47.4 Å². The van der Waals surface area contributed by atoms with E-state index in [-0.39, 0.29) is 29.8 Å². The topological polar surface area (TPSA) is 62.2 Å². The summed E-state index contributed by atoms with van der Waals surface area (Å²) in [6.07, 6.45) is 6.80. The lowest BCUT2D eigenvalue weighted by atomic mass is 9.77. The molecule has 6 heteroatoms. The van der Waals surface area contributed by atoms with Crippen LogP contribution >= 0.6 is 0 Å². The number of nitrogens with zero attached hydrogens (tertiary/aromatic N) is 3. The number of hydrazone groups is 1. The molecule has 0 N–H and O–H groups in total. The van der Waals surface area contributed by atoms with Gasteiger partial charge >= 0.3 is 5.97 Å². The van der Waals surface area contributed by atoms with Crippen molar-refractivity contribution in [2.45, 2.75) is 45.1 Å². The molecule has 0 aromatic heterocycles. The SMILES string of the molecule is CCOC(=O)C1CCN(CC(=O)N2N=C3/C(=C\c4ccccc4)CCC[C@H]3[C@H]2c2ccccc2)CC1. The van der Waals surface area contributed by atoms with E-state index < -0.39 is 0 Å². The second-order valence-corrected chi connectivity index (χ2v) is 9.96. The maximum absolute atomic E-state index is 13.7. The number of carbonyl (C=O) groups excluding carboxylic acids is 2. The maximum Gasteiger partial charge on any atom is 0.309 e. The van der Waals surface area contributed by atoms with E-state index in [0.717, 1.165) is 56.5 Å². The summed E-state index contributed by atoms with van der Waals surface area (Å²) >= 11 is 0. The van der Waals surface area contributed by atoms with Crippen molar-refractivity contribution in [1.29, 1.82) is 0 Å². The van der Waals surface area contributed by atoms with Crippen molar-refractivity contribution in [1.82, 2.24) is 9.91 Å². The Labute approximate surface area is 213 Å². The highest BCUT2D eigenvalue weighted by Crippen LogP contribution is 2.44. The summed E-state index contributed by atoms with van der Waals surface area (Å²) in [5.74, 6) is 0.0586. The lowest BCUT2D eigenvalue weighted by molar-refractivity contribution is -0.149. The minimum atomic E-state index is -0.111. The number of hydrogen-bond donors (Lipinski definition) is 0. The van der Waals surface area contributed by atoms with Gasteiger partial charge in [-0.2, -0.15) is 5.10 Å². The summed E-state index contributed by atoms with van der Waals surface area (Å²) in [6.45, 7) is 4.01. The molecule has 1 saturated carbocycles. The van der Waals surface area contributed by atoms with Gasteiger partial charge in [0, 0.05) is 5.92 Å². The quantitative estimate of drug-likeness (QED) is 0.535. The van der Waals surface area contributed by atoms with Gasteiger partial charge < -0.3 is 4.74 Å². The molecule has 6 nitrogen and oxygen atoms in total. The first kappa shape index (κ1) is 24.4. The maximum atomic E-state index is 13.7. The van der Waals surface area contributed by atoms with Crippen LogP contribution in [0.3, 0.4) is 0 Å². The number of fused-ring (bicyclic) bond motifs is 1. The monoisotopic (exact) mass is 485 g/mol. The van der Waals surface area contributed by atoms with Gasteiger partial charge in [0.05, 0.1) is 30.8 Å². The van der Waals surface area contributed by atoms with Gasteiger partial charge in [-0.05, 0) is 74.9 Å². The number of amides is 1. The fourth-order valence-corrected chi connectivity index (χ4v) is 5.79. The number of piperidine rings is 1. The van der Waals surface area contributed by atoms with Crippen LogP contribution in [0.2, 0.25) is 0 Å². The number of ether oxygens (including phenoxy) is 1. The van der Waals surface area contributed by atoms with Gasteiger partial charge in [-0.25, -0.2) is 5.01 Å². The number of likely N-dealkylation sites (tertiary alicyclic amines) is 1. The van der Waals surface area contributed by atoms with Gasteiger partial charge in [-0.1, -0.05) is 60.7 Å². The van der Waals surface area contributed by atoms with Crippen LogP contribution in [-0.2, 0) is 14.3 Å². The van der Waals surface area contributed by atoms with Gasteiger partial charge in [-0.15, -0.1) is 0 Å². The van der Waals surface area contributed by atoms with Gasteiger partial charge in [0.1, 0.15) is 0 Å². The van der Waals surface area contributed by atoms with Crippen molar-refractivity contribution in [3.8, 4) is 0 Å². The molecule has 0 radical (unpaired) electrons. The molecule has 36 heavy (non-hydrogen) atoms. The van der Waals surface area contributed by atoms with E-state index in [1.165, 1.54) is 11.1 Å². The Bertz CT molecular complexity index is 1120. The zero-order valence-electron chi connectivity index (χ0n) is 21.0. The number of rotatable bonds is 6. The molecule has 1 amide bonds. The molecule has 3 aliphatic rings. The van der Waals surface area contributed by atoms with Crippen molar-refractivity contribution in [3.63, 3.8) is 0 Å². The van der Waals surface area contributed by atoms with Crippen molar-refractivity contribution in [2.75, 3.05) is 26.2 Å². The van der Waals surface area contributed by atoms with E-state index in [1.807, 2.05) is 31.2 Å². The van der Waals surface area contributed by atoms with E-state index in [0.29, 0.717) is 13.2 Å². The van der Waals surface area contributed by atoms with Crippen molar-refractivity contribution >= 4 is 23.7 Å². The largest absolute Gasteiger partial charge is 0.466 e. The number of allylic oxidation sites excluding steroid dienone is 1. The average Bonchev–Trinajstić information content (AvgIpc) is 3.31. The molecule has 2 atom stereocenters. The van der Waals surface area contributed by atoms with E-state index in [1.54, 1.807) is 5.01 Å². The fourth-order valence-electron chi connectivity index (χ4n) is 5.79. The highest BCUT2D eigenvalue weighted by atomic mass is 16.5. The molecule has 0 unspecified atom stereocenters. The third-order valence-electron chi connectivity index (χ3n) is 7.61. The Hall–Kier alpha value is -3.25. The molecular formula is C30H35N3O3. The summed E-state index contributed by atoms with van der Waals surface area (Å²) in [6, 6.07) is 20.6. The Morgan fingerprint density at radius 1 is 1.00 bits per heavy atom. The molecule has 2 fully saturated rings. The highest BCUT2D eigenvalue weighted by molar-refractivity contribution is 6.08. The molecule has 0 spiro atoms. The summed E-state index contributed by atoms with van der Waals surface area (Å²) in [4.78, 5) is 27.9. The Morgan fingerprint density at radius 3 is 2.39 bits per heavy atom. The van der Waals surface area contributed by atoms with Gasteiger partial charge in [0.25, 0.3) is 5.91 Å². The number of hydrogen-bond acceptors (Lipinski definition) is 5. The molecule has 2 heterocycles. The predicted molar refractivity (Wildman–Crippen MR) is 141 cm³/mol. The molecular weight excluding hydrogens is 450 g/mol. The van der Waals surface area contributed by atoms with Crippen LogP contribution < -0.4 is 0 Å². The standard InChI is InChI=1S/C30H35N3O3/c1-2-36-30(35)24-16-18-32(19-17-24)21-27(34)33-29(23-12-7-4-8-13-23)26-15-9-14-25(28(26)31-33)20-22-10-5-3-6-11-22/h3-8,10-13,20,24,26,29H,2,9,14-19,21H2,1H3/b25-20-/t26-,29-/m1/s1. The smallest absolute Gasteiger partial charge is 0.309 e. The summed E-state index contributed by atoms with van der Waals surface area (Å²) in [5, 5.41) is 6.77. The first-order valence-corrected chi connectivity index (χ1v) is 13.2. The van der Waals surface area contributed by atoms with E-state index >= 15 is 0 Å². The molecule has 1 aliphatic carbocycles. The van der Waals surface area contributed by atoms with Crippen molar-refractivity contribution in [3.05, 3.63) is 77.4 Å². The van der Waals surface area contributed by atoms with Crippen LogP contribution in [0.25, 0.3) is 6.08 Å². The van der Waals surface area contributed by atoms with Crippen LogP contribution in [0.1, 0.15) is 56.2 Å². The van der Waals surface area contributed by atoms with Gasteiger partial charge in [-0.3, -0.25) is 14.5 Å². The second kappa shape index (κ2) is 11.2. The van der Waals surface area contributed by atoms with Crippen LogP contribution in [0, 0.1) is 11.8 Å². The molecule has 5 rings (SSSR count). The Kier molecular flexibility index (Phi) is 7.61. The summed E-state index contributed by atoms with van der Waals surface area (Å²) in [7, 11) is 0. The highest BCUT2D eigenvalue weighted by Gasteiger charge is 2.44. The molecule has 2 aromatic carbocycles. The summed E-state index contributed by atoms with van der Waals surface area (Å²) in [5.41, 5.74) is 4.61. The van der Waals surface area contributed by atoms with Crippen LogP contribution in [0.5, 0.6) is 0 Å². The van der Waals surface area contributed by atoms with Crippen molar-refractivity contribution < 1.29 is 14.3 Å². The molecule has 2 aromatic rings. The zero-order chi connectivity index (χ0) is 24.9. The zero-order valence-corrected chi connectivity index (χ0v) is 21.0. The van der Waals surface area contributed by atoms with Crippen LogP contribution in [-0.4, -0.2) is 53.7 Å². The van der Waals surface area contributed by atoms with Gasteiger partial charge in [0.2, 0.25) is 0 Å². The second-order valence-electron chi connectivity index (χ2n) is 9.96. The Morgan fingerprint density at radius 2 is 1.69 bits per heavy atom. The van der Waals surface area contributed by atoms with E-state index in [4.69, 9.17) is 9.84 Å². The normalized spacial score (nSPS) is 23.9. The fraction of sp³-hybridized carbons (Fsp3) is 0.433. The number of esters is 1. The first-order valence-electron chi connectivity index (χ1n) is 13.2. The molecule has 1 saturated heterocycles. The van der Waals surface area contributed by atoms with E-state index in [9.17, 15) is 9.59 Å². The lowest BCUT2D eigenvalue weighted by Gasteiger charge is -2.33. The third kappa shape index (κ3) is 5.29. The molecule has 0 bridgehead atoms. The minimum Gasteiger partial charge on any atom is -0.466 e. The number of benzene rings is 2. The molecule has 2 aliphatic heterocycles. The number of carbonyl (C=O) groups is 2. The first-order chi connectivity index (χ1) is 17.6. The van der Waals surface area contributed by atoms with Gasteiger partial charge in [0.15, 0.2) is 0 Å². The van der Waals surface area contributed by atoms with Crippen LogP contribution in [0.4, 0.5) is 0 Å². The van der Waals surface area contributed by atoms with Crippen LogP contribution in [0.15, 0.2) is 71.3 Å². The average molecular weight is 486 g/mol. The Balaban J connectivity index is 1.36. The molecule has 188 valence electrons. The van der Waals surface area contributed by atoms with Crippen molar-refractivity contribution in [2.24, 2.45) is 16.9 Å². The lowest BCUT2D eigenvalue weighted by Crippen LogP contribution is -2.43.